The van der Waals surface area contributed by atoms with E-state index in [4.69, 9.17) is 4.74 Å². The number of ether oxygens (including phenoxy) is 1. The Morgan fingerprint density at radius 1 is 0.897 bits per heavy atom. The maximum atomic E-state index is 12.6. The third-order valence-electron chi connectivity index (χ3n) is 4.85. The molecular formula is C22H16N2O5. The molecule has 1 heterocycles. The summed E-state index contributed by atoms with van der Waals surface area (Å²) in [7, 11) is 1.51. The number of benzene rings is 3. The fourth-order valence-corrected chi connectivity index (χ4v) is 3.43. The molecule has 0 unspecified atom stereocenters. The van der Waals surface area contributed by atoms with Gasteiger partial charge in [0.1, 0.15) is 5.75 Å². The Kier molecular flexibility index (Phi) is 4.56. The zero-order chi connectivity index (χ0) is 20.5. The maximum Gasteiger partial charge on any atom is 0.270 e. The molecule has 0 atom stereocenters. The molecule has 0 fully saturated rings. The third kappa shape index (κ3) is 3.23. The number of hydrogen-bond acceptors (Lipinski definition) is 5. The zero-order valence-electron chi connectivity index (χ0n) is 15.5. The minimum absolute atomic E-state index is 0.0321. The first-order valence-corrected chi connectivity index (χ1v) is 8.86. The van der Waals surface area contributed by atoms with Gasteiger partial charge in [0.15, 0.2) is 0 Å². The molecule has 0 aromatic heterocycles. The summed E-state index contributed by atoms with van der Waals surface area (Å²) in [5.74, 6) is -0.131. The number of methoxy groups -OCH3 is 1. The Hall–Kier alpha value is -4.00. The highest BCUT2D eigenvalue weighted by molar-refractivity contribution is 6.21. The van der Waals surface area contributed by atoms with Crippen LogP contribution in [0.1, 0.15) is 26.3 Å². The van der Waals surface area contributed by atoms with E-state index in [9.17, 15) is 19.7 Å². The largest absolute Gasteiger partial charge is 0.496 e. The van der Waals surface area contributed by atoms with E-state index in [0.29, 0.717) is 33.6 Å². The molecule has 0 radical (unpaired) electrons. The minimum Gasteiger partial charge on any atom is -0.496 e. The smallest absolute Gasteiger partial charge is 0.270 e. The second-order valence-corrected chi connectivity index (χ2v) is 6.58. The van der Waals surface area contributed by atoms with Gasteiger partial charge in [-0.1, -0.05) is 30.3 Å². The van der Waals surface area contributed by atoms with Gasteiger partial charge in [0.2, 0.25) is 0 Å². The molecule has 0 saturated carbocycles. The quantitative estimate of drug-likeness (QED) is 0.373. The fraction of sp³-hybridized carbons (Fsp3) is 0.0909. The van der Waals surface area contributed by atoms with Crippen LogP contribution < -0.4 is 4.74 Å². The Morgan fingerprint density at radius 3 is 2.21 bits per heavy atom. The van der Waals surface area contributed by atoms with E-state index in [1.165, 1.54) is 24.1 Å². The first-order chi connectivity index (χ1) is 14.0. The number of rotatable bonds is 5. The lowest BCUT2D eigenvalue weighted by Gasteiger charge is -2.16. The van der Waals surface area contributed by atoms with Crippen LogP contribution in [0.4, 0.5) is 5.69 Å². The van der Waals surface area contributed by atoms with Crippen molar-refractivity contribution < 1.29 is 19.2 Å². The van der Waals surface area contributed by atoms with Gasteiger partial charge in [0, 0.05) is 17.7 Å². The Balaban J connectivity index is 1.70. The van der Waals surface area contributed by atoms with Gasteiger partial charge in [-0.3, -0.25) is 24.6 Å². The molecule has 0 saturated heterocycles. The van der Waals surface area contributed by atoms with Crippen LogP contribution in [0.15, 0.2) is 66.7 Å². The summed E-state index contributed by atoms with van der Waals surface area (Å²) in [6, 6.07) is 18.2. The van der Waals surface area contributed by atoms with E-state index < -0.39 is 4.92 Å². The molecule has 7 heteroatoms. The second-order valence-electron chi connectivity index (χ2n) is 6.58. The van der Waals surface area contributed by atoms with Crippen LogP contribution in [0.3, 0.4) is 0 Å². The molecule has 3 aromatic carbocycles. The summed E-state index contributed by atoms with van der Waals surface area (Å²) in [6.45, 7) is 0.0955. The van der Waals surface area contributed by atoms with Gasteiger partial charge < -0.3 is 4.74 Å². The van der Waals surface area contributed by atoms with Crippen molar-refractivity contribution in [2.45, 2.75) is 6.54 Å². The van der Waals surface area contributed by atoms with Crippen molar-refractivity contribution in [2.75, 3.05) is 7.11 Å². The molecule has 1 aliphatic heterocycles. The Labute approximate surface area is 166 Å². The number of fused-ring (bicyclic) bond motifs is 1. The number of hydrogen-bond donors (Lipinski definition) is 0. The summed E-state index contributed by atoms with van der Waals surface area (Å²) >= 11 is 0. The summed E-state index contributed by atoms with van der Waals surface area (Å²) < 4.78 is 5.40. The predicted molar refractivity (Wildman–Crippen MR) is 106 cm³/mol. The van der Waals surface area contributed by atoms with E-state index in [1.807, 2.05) is 0 Å². The van der Waals surface area contributed by atoms with Crippen LogP contribution in [-0.4, -0.2) is 28.7 Å². The fourth-order valence-electron chi connectivity index (χ4n) is 3.43. The van der Waals surface area contributed by atoms with Gasteiger partial charge in [0.05, 0.1) is 29.7 Å². The van der Waals surface area contributed by atoms with Crippen LogP contribution in [0.25, 0.3) is 11.1 Å². The first-order valence-electron chi connectivity index (χ1n) is 8.86. The monoisotopic (exact) mass is 388 g/mol. The number of non-ortho nitro benzene ring substituents is 1. The molecule has 3 aromatic rings. The average molecular weight is 388 g/mol. The number of nitro groups is 1. The lowest BCUT2D eigenvalue weighted by Crippen LogP contribution is -2.29. The molecule has 0 aliphatic carbocycles. The standard InChI is InChI=1S/C22H16N2O5/c1-29-20-10-9-14(11-19(20)15-5-4-6-16(12-15)24(27)28)13-23-21(25)17-7-2-3-8-18(17)22(23)26/h2-12H,13H2,1H3. The molecular weight excluding hydrogens is 372 g/mol. The molecule has 0 bridgehead atoms. The van der Waals surface area contributed by atoms with Crippen molar-refractivity contribution in [2.24, 2.45) is 0 Å². The van der Waals surface area contributed by atoms with Gasteiger partial charge >= 0.3 is 0 Å². The van der Waals surface area contributed by atoms with Crippen LogP contribution in [0.2, 0.25) is 0 Å². The minimum atomic E-state index is -0.460. The predicted octanol–water partition coefficient (Wildman–Crippen LogP) is 4.07. The molecule has 7 nitrogen and oxygen atoms in total. The third-order valence-corrected chi connectivity index (χ3v) is 4.85. The van der Waals surface area contributed by atoms with Crippen molar-refractivity contribution >= 4 is 17.5 Å². The SMILES string of the molecule is COc1ccc(CN2C(=O)c3ccccc3C2=O)cc1-c1cccc([N+](=O)[O-])c1. The first kappa shape index (κ1) is 18.4. The van der Waals surface area contributed by atoms with Crippen LogP contribution in [-0.2, 0) is 6.54 Å². The van der Waals surface area contributed by atoms with Crippen LogP contribution in [0.5, 0.6) is 5.75 Å². The highest BCUT2D eigenvalue weighted by Gasteiger charge is 2.35. The highest BCUT2D eigenvalue weighted by Crippen LogP contribution is 2.34. The summed E-state index contributed by atoms with van der Waals surface area (Å²) in [5.41, 5.74) is 2.72. The zero-order valence-corrected chi connectivity index (χ0v) is 15.5. The topological polar surface area (TPSA) is 89.8 Å². The van der Waals surface area contributed by atoms with E-state index >= 15 is 0 Å². The summed E-state index contributed by atoms with van der Waals surface area (Å²) in [6.07, 6.45) is 0. The van der Waals surface area contributed by atoms with E-state index in [1.54, 1.807) is 54.6 Å². The molecule has 29 heavy (non-hydrogen) atoms. The van der Waals surface area contributed by atoms with Gasteiger partial charge in [-0.05, 0) is 35.4 Å². The van der Waals surface area contributed by atoms with Crippen molar-refractivity contribution in [3.63, 3.8) is 0 Å². The normalized spacial score (nSPS) is 12.8. The molecule has 0 N–H and O–H groups in total. The number of carbonyl (C=O) groups excluding carboxylic acids is 2. The van der Waals surface area contributed by atoms with E-state index in [2.05, 4.69) is 0 Å². The molecule has 0 spiro atoms. The summed E-state index contributed by atoms with van der Waals surface area (Å²) in [4.78, 5) is 37.1. The highest BCUT2D eigenvalue weighted by atomic mass is 16.6. The van der Waals surface area contributed by atoms with Crippen molar-refractivity contribution in [3.05, 3.63) is 93.5 Å². The van der Waals surface area contributed by atoms with E-state index in [-0.39, 0.29) is 24.0 Å². The van der Waals surface area contributed by atoms with Gasteiger partial charge in [-0.15, -0.1) is 0 Å². The number of nitro benzene ring substituents is 1. The average Bonchev–Trinajstić information content (AvgIpc) is 2.99. The van der Waals surface area contributed by atoms with Crippen molar-refractivity contribution in [1.29, 1.82) is 0 Å². The van der Waals surface area contributed by atoms with Crippen LogP contribution >= 0.6 is 0 Å². The van der Waals surface area contributed by atoms with Crippen molar-refractivity contribution in [1.82, 2.24) is 4.90 Å². The Bertz CT molecular complexity index is 1120. The summed E-state index contributed by atoms with van der Waals surface area (Å²) in [5, 5.41) is 11.1. The maximum absolute atomic E-state index is 12.6. The van der Waals surface area contributed by atoms with Gasteiger partial charge in [-0.25, -0.2) is 0 Å². The number of imide groups is 1. The van der Waals surface area contributed by atoms with Crippen LogP contribution in [0, 0.1) is 10.1 Å². The molecule has 2 amide bonds. The number of amides is 2. The Morgan fingerprint density at radius 2 is 1.59 bits per heavy atom. The lowest BCUT2D eigenvalue weighted by molar-refractivity contribution is -0.384. The van der Waals surface area contributed by atoms with Gasteiger partial charge in [-0.2, -0.15) is 0 Å². The molecule has 1 aliphatic rings. The molecule has 4 rings (SSSR count). The molecule has 144 valence electrons. The van der Waals surface area contributed by atoms with Crippen molar-refractivity contribution in [3.8, 4) is 16.9 Å². The second kappa shape index (κ2) is 7.20. The number of nitrogens with zero attached hydrogens (tertiary/aromatic N) is 2. The number of carbonyl (C=O) groups is 2. The van der Waals surface area contributed by atoms with Gasteiger partial charge in [0.25, 0.3) is 17.5 Å². The van der Waals surface area contributed by atoms with E-state index in [0.717, 1.165) is 0 Å². The lowest BCUT2D eigenvalue weighted by atomic mass is 10.0.